The maximum atomic E-state index is 12.5. The number of pyridine rings is 1. The van der Waals surface area contributed by atoms with E-state index in [1.807, 2.05) is 19.1 Å². The Hall–Kier alpha value is -3.06. The summed E-state index contributed by atoms with van der Waals surface area (Å²) in [4.78, 5) is 27.3. The van der Waals surface area contributed by atoms with Gasteiger partial charge in [0, 0.05) is 22.2 Å². The number of benzene rings is 2. The van der Waals surface area contributed by atoms with Gasteiger partial charge < -0.3 is 10.3 Å². The number of hydrogen-bond donors (Lipinski definition) is 2. The molecule has 25 heavy (non-hydrogen) atoms. The van der Waals surface area contributed by atoms with Crippen LogP contribution in [0.5, 0.6) is 0 Å². The van der Waals surface area contributed by atoms with Crippen molar-refractivity contribution in [2.75, 3.05) is 5.32 Å². The average molecular weight is 350 g/mol. The van der Waals surface area contributed by atoms with Gasteiger partial charge in [-0.2, -0.15) is 8.75 Å². The lowest BCUT2D eigenvalue weighted by Crippen LogP contribution is -2.13. The second-order valence-electron chi connectivity index (χ2n) is 5.89. The molecular weight excluding hydrogens is 336 g/mol. The fraction of sp³-hybridized carbons (Fsp3) is 0.111. The maximum absolute atomic E-state index is 12.5. The van der Waals surface area contributed by atoms with Crippen molar-refractivity contribution < 1.29 is 4.79 Å². The minimum Gasteiger partial charge on any atom is -0.322 e. The molecular formula is C18H14N4O2S. The summed E-state index contributed by atoms with van der Waals surface area (Å²) in [5.74, 6) is -0.236. The summed E-state index contributed by atoms with van der Waals surface area (Å²) in [6, 6.07) is 10.7. The summed E-state index contributed by atoms with van der Waals surface area (Å²) in [5.41, 5.74) is 4.83. The molecule has 2 aromatic heterocycles. The van der Waals surface area contributed by atoms with Gasteiger partial charge in [0.15, 0.2) is 0 Å². The number of aromatic amines is 1. The maximum Gasteiger partial charge on any atom is 0.255 e. The molecule has 0 aliphatic heterocycles. The van der Waals surface area contributed by atoms with E-state index in [2.05, 4.69) is 19.0 Å². The van der Waals surface area contributed by atoms with E-state index in [4.69, 9.17) is 0 Å². The minimum absolute atomic E-state index is 0.116. The van der Waals surface area contributed by atoms with Gasteiger partial charge in [0.1, 0.15) is 11.0 Å². The SMILES string of the molecule is Cc1c(C)c2ccc(NC(=O)c3ccc4nsnc4c3)cc2[nH]c1=O. The Balaban J connectivity index is 1.68. The van der Waals surface area contributed by atoms with Crippen molar-refractivity contribution in [1.29, 1.82) is 0 Å². The Morgan fingerprint density at radius 1 is 1.04 bits per heavy atom. The van der Waals surface area contributed by atoms with Crippen LogP contribution in [0, 0.1) is 13.8 Å². The van der Waals surface area contributed by atoms with Crippen LogP contribution in [0.3, 0.4) is 0 Å². The van der Waals surface area contributed by atoms with Gasteiger partial charge in [0.25, 0.3) is 11.5 Å². The fourth-order valence-corrected chi connectivity index (χ4v) is 3.28. The molecule has 2 heterocycles. The molecule has 4 rings (SSSR count). The van der Waals surface area contributed by atoms with Crippen LogP contribution in [0.2, 0.25) is 0 Å². The zero-order valence-corrected chi connectivity index (χ0v) is 14.4. The molecule has 0 aliphatic rings. The lowest BCUT2D eigenvalue weighted by molar-refractivity contribution is 0.102. The van der Waals surface area contributed by atoms with E-state index >= 15 is 0 Å². The largest absolute Gasteiger partial charge is 0.322 e. The molecule has 0 aliphatic carbocycles. The number of H-pyrrole nitrogens is 1. The molecule has 7 heteroatoms. The molecule has 0 radical (unpaired) electrons. The number of rotatable bonds is 2. The lowest BCUT2D eigenvalue weighted by Gasteiger charge is -2.09. The minimum atomic E-state index is -0.236. The van der Waals surface area contributed by atoms with E-state index in [-0.39, 0.29) is 11.5 Å². The number of aromatic nitrogens is 3. The van der Waals surface area contributed by atoms with Crippen LogP contribution in [-0.4, -0.2) is 19.6 Å². The third kappa shape index (κ3) is 2.68. The van der Waals surface area contributed by atoms with E-state index in [9.17, 15) is 9.59 Å². The first kappa shape index (κ1) is 15.5. The van der Waals surface area contributed by atoms with Crippen LogP contribution in [0.4, 0.5) is 5.69 Å². The first-order chi connectivity index (χ1) is 12.0. The van der Waals surface area contributed by atoms with E-state index < -0.39 is 0 Å². The smallest absolute Gasteiger partial charge is 0.255 e. The Labute approximate surface area is 146 Å². The summed E-state index contributed by atoms with van der Waals surface area (Å²) in [6.07, 6.45) is 0. The normalized spacial score (nSPS) is 11.1. The molecule has 0 bridgehead atoms. The topological polar surface area (TPSA) is 87.7 Å². The van der Waals surface area contributed by atoms with Crippen LogP contribution in [0.15, 0.2) is 41.2 Å². The van der Waals surface area contributed by atoms with Crippen LogP contribution >= 0.6 is 11.7 Å². The molecule has 0 fully saturated rings. The number of carbonyl (C=O) groups excluding carboxylic acids is 1. The standard InChI is InChI=1S/C18H14N4O2S/c1-9-10(2)17(23)20-15-8-12(4-5-13(9)15)19-18(24)11-3-6-14-16(7-11)22-25-21-14/h3-8H,1-2H3,(H,19,24)(H,20,23). The van der Waals surface area contributed by atoms with Crippen LogP contribution in [0.25, 0.3) is 21.9 Å². The van der Waals surface area contributed by atoms with Gasteiger partial charge in [-0.05, 0) is 49.7 Å². The molecule has 2 aromatic carbocycles. The molecule has 0 spiro atoms. The van der Waals surface area contributed by atoms with E-state index in [1.54, 1.807) is 31.2 Å². The van der Waals surface area contributed by atoms with Gasteiger partial charge >= 0.3 is 0 Å². The summed E-state index contributed by atoms with van der Waals surface area (Å²) in [7, 11) is 0. The Kier molecular flexibility index (Phi) is 3.58. The first-order valence-corrected chi connectivity index (χ1v) is 8.43. The van der Waals surface area contributed by atoms with Gasteiger partial charge in [-0.1, -0.05) is 6.07 Å². The first-order valence-electron chi connectivity index (χ1n) is 7.70. The number of hydrogen-bond acceptors (Lipinski definition) is 5. The van der Waals surface area contributed by atoms with Gasteiger partial charge in [-0.15, -0.1) is 0 Å². The van der Waals surface area contributed by atoms with E-state index in [0.29, 0.717) is 27.8 Å². The van der Waals surface area contributed by atoms with Crippen molar-refractivity contribution in [3.63, 3.8) is 0 Å². The summed E-state index contributed by atoms with van der Waals surface area (Å²) in [5, 5.41) is 3.82. The predicted octanol–water partition coefficient (Wildman–Crippen LogP) is 3.40. The number of nitrogens with zero attached hydrogens (tertiary/aromatic N) is 2. The fourth-order valence-electron chi connectivity index (χ4n) is 2.77. The van der Waals surface area contributed by atoms with Gasteiger partial charge in [-0.25, -0.2) is 0 Å². The zero-order valence-electron chi connectivity index (χ0n) is 13.6. The van der Waals surface area contributed by atoms with Gasteiger partial charge in [0.05, 0.1) is 17.2 Å². The molecule has 0 unspecified atom stereocenters. The van der Waals surface area contributed by atoms with Crippen molar-refractivity contribution in [2.45, 2.75) is 13.8 Å². The molecule has 1 amide bonds. The van der Waals surface area contributed by atoms with Crippen LogP contribution in [0.1, 0.15) is 21.5 Å². The second-order valence-corrected chi connectivity index (χ2v) is 6.41. The summed E-state index contributed by atoms with van der Waals surface area (Å²) in [6.45, 7) is 3.72. The van der Waals surface area contributed by atoms with Crippen molar-refractivity contribution in [3.8, 4) is 0 Å². The van der Waals surface area contributed by atoms with Gasteiger partial charge in [0.2, 0.25) is 0 Å². The Morgan fingerprint density at radius 3 is 2.68 bits per heavy atom. The highest BCUT2D eigenvalue weighted by atomic mass is 32.1. The number of carbonyl (C=O) groups is 1. The van der Waals surface area contributed by atoms with Crippen molar-refractivity contribution in [3.05, 3.63) is 63.4 Å². The van der Waals surface area contributed by atoms with Crippen molar-refractivity contribution >= 4 is 45.3 Å². The zero-order chi connectivity index (χ0) is 17.6. The lowest BCUT2D eigenvalue weighted by atomic mass is 10.1. The molecule has 124 valence electrons. The Bertz CT molecular complexity index is 1190. The Morgan fingerprint density at radius 2 is 1.84 bits per heavy atom. The van der Waals surface area contributed by atoms with E-state index in [0.717, 1.165) is 28.2 Å². The third-order valence-electron chi connectivity index (χ3n) is 4.35. The molecule has 0 atom stereocenters. The van der Waals surface area contributed by atoms with Crippen molar-refractivity contribution in [2.24, 2.45) is 0 Å². The highest BCUT2D eigenvalue weighted by Crippen LogP contribution is 2.22. The number of anilines is 1. The molecule has 0 saturated heterocycles. The molecule has 4 aromatic rings. The van der Waals surface area contributed by atoms with Crippen LogP contribution < -0.4 is 10.9 Å². The third-order valence-corrected chi connectivity index (χ3v) is 4.91. The van der Waals surface area contributed by atoms with E-state index in [1.165, 1.54) is 0 Å². The summed E-state index contributed by atoms with van der Waals surface area (Å²) >= 11 is 1.12. The van der Waals surface area contributed by atoms with Crippen LogP contribution in [-0.2, 0) is 0 Å². The van der Waals surface area contributed by atoms with Crippen molar-refractivity contribution in [1.82, 2.24) is 13.7 Å². The number of fused-ring (bicyclic) bond motifs is 2. The molecule has 0 saturated carbocycles. The molecule has 2 N–H and O–H groups in total. The number of amides is 1. The average Bonchev–Trinajstić information content (AvgIpc) is 3.07. The highest BCUT2D eigenvalue weighted by molar-refractivity contribution is 7.00. The molecule has 6 nitrogen and oxygen atoms in total. The van der Waals surface area contributed by atoms with Gasteiger partial charge in [-0.3, -0.25) is 9.59 Å². The summed E-state index contributed by atoms with van der Waals surface area (Å²) < 4.78 is 8.27. The quantitative estimate of drug-likeness (QED) is 0.580. The number of nitrogens with one attached hydrogen (secondary N) is 2. The highest BCUT2D eigenvalue weighted by Gasteiger charge is 2.10. The monoisotopic (exact) mass is 350 g/mol. The predicted molar refractivity (Wildman–Crippen MR) is 99.4 cm³/mol. The number of aryl methyl sites for hydroxylation is 1. The second kappa shape index (κ2) is 5.78.